The predicted octanol–water partition coefficient (Wildman–Crippen LogP) is 2.45. The average Bonchev–Trinajstić information content (AvgIpc) is 2.11. The third-order valence-electron chi connectivity index (χ3n) is 2.35. The zero-order valence-corrected chi connectivity index (χ0v) is 10.1. The molecule has 0 aromatic heterocycles. The van der Waals surface area contributed by atoms with E-state index in [2.05, 4.69) is 15.9 Å². The van der Waals surface area contributed by atoms with E-state index < -0.39 is 6.10 Å². The molecular weight excluding hydrogens is 242 g/mol. The highest BCUT2D eigenvalue weighted by Gasteiger charge is 2.10. The maximum absolute atomic E-state index is 9.82. The fourth-order valence-corrected chi connectivity index (χ4v) is 1.93. The van der Waals surface area contributed by atoms with Crippen molar-refractivity contribution in [2.24, 2.45) is 5.73 Å². The molecule has 2 nitrogen and oxygen atoms in total. The van der Waals surface area contributed by atoms with Crippen LogP contribution in [-0.2, 0) is 0 Å². The molecule has 3 N–H and O–H groups in total. The first-order valence-corrected chi connectivity index (χ1v) is 5.50. The van der Waals surface area contributed by atoms with Crippen LogP contribution in [0.3, 0.4) is 0 Å². The zero-order valence-electron chi connectivity index (χ0n) is 8.55. The van der Waals surface area contributed by atoms with Gasteiger partial charge in [-0.3, -0.25) is 0 Å². The minimum absolute atomic E-state index is 0.438. The van der Waals surface area contributed by atoms with Crippen molar-refractivity contribution in [3.05, 3.63) is 33.3 Å². The summed E-state index contributed by atoms with van der Waals surface area (Å²) in [5, 5.41) is 9.82. The highest BCUT2D eigenvalue weighted by atomic mass is 79.9. The minimum atomic E-state index is -0.438. The van der Waals surface area contributed by atoms with Gasteiger partial charge in [0.25, 0.3) is 0 Å². The molecule has 1 rings (SSSR count). The van der Waals surface area contributed by atoms with Crippen LogP contribution in [-0.4, -0.2) is 11.7 Å². The molecule has 1 aromatic rings. The van der Waals surface area contributed by atoms with E-state index in [1.807, 2.05) is 26.0 Å². The van der Waals surface area contributed by atoms with Crippen LogP contribution < -0.4 is 5.73 Å². The highest BCUT2D eigenvalue weighted by molar-refractivity contribution is 9.10. The first-order chi connectivity index (χ1) is 6.56. The molecule has 0 bridgehead atoms. The Labute approximate surface area is 93.3 Å². The molecule has 0 saturated heterocycles. The van der Waals surface area contributed by atoms with Gasteiger partial charge in [0.1, 0.15) is 0 Å². The van der Waals surface area contributed by atoms with Gasteiger partial charge in [0, 0.05) is 4.47 Å². The number of hydrogen-bond donors (Lipinski definition) is 2. The zero-order chi connectivity index (χ0) is 10.7. The molecule has 78 valence electrons. The second-order valence-electron chi connectivity index (χ2n) is 3.55. The van der Waals surface area contributed by atoms with Crippen molar-refractivity contribution >= 4 is 15.9 Å². The second kappa shape index (κ2) is 4.91. The first kappa shape index (κ1) is 11.7. The summed E-state index contributed by atoms with van der Waals surface area (Å²) in [4.78, 5) is 0. The molecule has 1 unspecified atom stereocenters. The molecule has 0 aliphatic carbocycles. The number of benzene rings is 1. The van der Waals surface area contributed by atoms with E-state index >= 15 is 0 Å². The molecule has 0 amide bonds. The molecule has 0 spiro atoms. The molecule has 0 radical (unpaired) electrons. The fraction of sp³-hybridized carbons (Fsp3) is 0.455. The van der Waals surface area contributed by atoms with Gasteiger partial charge in [-0.25, -0.2) is 0 Å². The van der Waals surface area contributed by atoms with E-state index in [4.69, 9.17) is 5.73 Å². The smallest absolute Gasteiger partial charge is 0.0804 e. The van der Waals surface area contributed by atoms with Gasteiger partial charge in [-0.1, -0.05) is 22.0 Å². The summed E-state index contributed by atoms with van der Waals surface area (Å²) >= 11 is 3.46. The number of aliphatic hydroxyl groups excluding tert-OH is 1. The molecule has 0 aliphatic rings. The quantitative estimate of drug-likeness (QED) is 0.874. The number of nitrogens with two attached hydrogens (primary N) is 1. The van der Waals surface area contributed by atoms with Crippen molar-refractivity contribution in [2.45, 2.75) is 26.4 Å². The predicted molar refractivity (Wildman–Crippen MR) is 62.2 cm³/mol. The van der Waals surface area contributed by atoms with Gasteiger partial charge in [-0.2, -0.15) is 0 Å². The Morgan fingerprint density at radius 1 is 1.36 bits per heavy atom. The molecule has 0 saturated carbocycles. The van der Waals surface area contributed by atoms with Crippen molar-refractivity contribution in [1.29, 1.82) is 0 Å². The Morgan fingerprint density at radius 3 is 2.57 bits per heavy atom. The molecule has 14 heavy (non-hydrogen) atoms. The Bertz CT molecular complexity index is 325. The number of rotatable bonds is 3. The number of hydrogen-bond acceptors (Lipinski definition) is 2. The van der Waals surface area contributed by atoms with E-state index in [0.717, 1.165) is 21.2 Å². The Morgan fingerprint density at radius 2 is 2.00 bits per heavy atom. The van der Waals surface area contributed by atoms with E-state index in [9.17, 15) is 5.11 Å². The van der Waals surface area contributed by atoms with E-state index in [1.165, 1.54) is 0 Å². The second-order valence-corrected chi connectivity index (χ2v) is 4.41. The molecule has 3 heteroatoms. The van der Waals surface area contributed by atoms with Crippen LogP contribution in [0.25, 0.3) is 0 Å². The molecular formula is C11H16BrNO. The van der Waals surface area contributed by atoms with E-state index in [0.29, 0.717) is 13.0 Å². The maximum Gasteiger partial charge on any atom is 0.0804 e. The number of halogens is 1. The van der Waals surface area contributed by atoms with Crippen LogP contribution in [0.2, 0.25) is 0 Å². The van der Waals surface area contributed by atoms with E-state index in [1.54, 1.807) is 0 Å². The van der Waals surface area contributed by atoms with Gasteiger partial charge >= 0.3 is 0 Å². The lowest BCUT2D eigenvalue weighted by molar-refractivity contribution is 0.169. The number of aryl methyl sites for hydroxylation is 2. The normalized spacial score (nSPS) is 12.9. The van der Waals surface area contributed by atoms with Gasteiger partial charge < -0.3 is 10.8 Å². The standard InChI is InChI=1S/C11H16BrNO/c1-7-6-10(12)8(2)5-9(7)11(14)3-4-13/h5-6,11,14H,3-4,13H2,1-2H3. The van der Waals surface area contributed by atoms with E-state index in [-0.39, 0.29) is 0 Å². The van der Waals surface area contributed by atoms with Gasteiger partial charge in [-0.05, 0) is 49.6 Å². The molecule has 0 fully saturated rings. The summed E-state index contributed by atoms with van der Waals surface area (Å²) < 4.78 is 1.08. The van der Waals surface area contributed by atoms with Gasteiger partial charge in [0.15, 0.2) is 0 Å². The van der Waals surface area contributed by atoms with Gasteiger partial charge in [-0.15, -0.1) is 0 Å². The number of aliphatic hydroxyl groups is 1. The van der Waals surface area contributed by atoms with Crippen molar-refractivity contribution in [1.82, 2.24) is 0 Å². The van der Waals surface area contributed by atoms with Crippen LogP contribution in [0.15, 0.2) is 16.6 Å². The summed E-state index contributed by atoms with van der Waals surface area (Å²) in [5.41, 5.74) is 8.64. The molecule has 1 aromatic carbocycles. The maximum atomic E-state index is 9.82. The summed E-state index contributed by atoms with van der Waals surface area (Å²) in [7, 11) is 0. The topological polar surface area (TPSA) is 46.2 Å². The summed E-state index contributed by atoms with van der Waals surface area (Å²) in [6.07, 6.45) is 0.175. The summed E-state index contributed by atoms with van der Waals surface area (Å²) in [6, 6.07) is 4.05. The average molecular weight is 258 g/mol. The summed E-state index contributed by atoms with van der Waals surface area (Å²) in [5.74, 6) is 0. The third kappa shape index (κ3) is 2.56. The molecule has 0 aliphatic heterocycles. The molecule has 1 atom stereocenters. The van der Waals surface area contributed by atoms with Crippen LogP contribution in [0.5, 0.6) is 0 Å². The van der Waals surface area contributed by atoms with Gasteiger partial charge in [0.2, 0.25) is 0 Å². The minimum Gasteiger partial charge on any atom is -0.388 e. The highest BCUT2D eigenvalue weighted by Crippen LogP contribution is 2.26. The largest absolute Gasteiger partial charge is 0.388 e. The first-order valence-electron chi connectivity index (χ1n) is 4.71. The van der Waals surface area contributed by atoms with Crippen LogP contribution in [0, 0.1) is 13.8 Å². The van der Waals surface area contributed by atoms with Crippen molar-refractivity contribution in [3.63, 3.8) is 0 Å². The lowest BCUT2D eigenvalue weighted by Crippen LogP contribution is -2.08. The molecule has 0 heterocycles. The Hall–Kier alpha value is -0.380. The van der Waals surface area contributed by atoms with Crippen LogP contribution in [0.1, 0.15) is 29.2 Å². The third-order valence-corrected chi connectivity index (χ3v) is 3.20. The van der Waals surface area contributed by atoms with Crippen molar-refractivity contribution < 1.29 is 5.11 Å². The Kier molecular flexibility index (Phi) is 4.11. The summed E-state index contributed by atoms with van der Waals surface area (Å²) in [6.45, 7) is 4.52. The van der Waals surface area contributed by atoms with Crippen LogP contribution >= 0.6 is 15.9 Å². The van der Waals surface area contributed by atoms with Gasteiger partial charge in [0.05, 0.1) is 6.10 Å². The van der Waals surface area contributed by atoms with Crippen molar-refractivity contribution in [3.8, 4) is 0 Å². The SMILES string of the molecule is Cc1cc(C(O)CCN)c(C)cc1Br. The monoisotopic (exact) mass is 257 g/mol. The Balaban J connectivity index is 3.02. The van der Waals surface area contributed by atoms with Crippen molar-refractivity contribution in [2.75, 3.05) is 6.54 Å². The fourth-order valence-electron chi connectivity index (χ4n) is 1.48. The lowest BCUT2D eigenvalue weighted by atomic mass is 9.99. The van der Waals surface area contributed by atoms with Crippen LogP contribution in [0.4, 0.5) is 0 Å². The lowest BCUT2D eigenvalue weighted by Gasteiger charge is -2.14.